The minimum atomic E-state index is -0.930. The number of hydrogen-bond donors (Lipinski definition) is 0. The molecule has 0 spiro atoms. The molecule has 0 amide bonds. The molecule has 58 valence electrons. The van der Waals surface area contributed by atoms with Crippen molar-refractivity contribution >= 4 is 21.6 Å². The Morgan fingerprint density at radius 2 is 1.90 bits per heavy atom. The molecule has 0 aromatic carbocycles. The molecule has 1 aliphatic heterocycles. The van der Waals surface area contributed by atoms with E-state index in [1.54, 1.807) is 0 Å². The van der Waals surface area contributed by atoms with Crippen LogP contribution in [0.3, 0.4) is 0 Å². The van der Waals surface area contributed by atoms with Gasteiger partial charge in [-0.15, -0.1) is 0 Å². The molecule has 1 rings (SSSR count). The molecule has 0 aliphatic carbocycles. The molecule has 4 heteroatoms. The fourth-order valence-electron chi connectivity index (χ4n) is 0.809. The van der Waals surface area contributed by atoms with E-state index in [1.165, 1.54) is 0 Å². The molecule has 0 N–H and O–H groups in total. The Labute approximate surface area is 65.6 Å². The Morgan fingerprint density at radius 1 is 1.40 bits per heavy atom. The molecule has 0 unspecified atom stereocenters. The normalized spacial score (nSPS) is 32.7. The van der Waals surface area contributed by atoms with Gasteiger partial charge in [-0.1, -0.05) is 13.0 Å². The summed E-state index contributed by atoms with van der Waals surface area (Å²) < 4.78 is 22.7. The van der Waals surface area contributed by atoms with Gasteiger partial charge in [-0.2, -0.15) is 0 Å². The van der Waals surface area contributed by atoms with E-state index in [0.29, 0.717) is 15.7 Å². The summed E-state index contributed by atoms with van der Waals surface area (Å²) in [7, 11) is -1.86. The zero-order valence-electron chi connectivity index (χ0n) is 5.83. The van der Waals surface area contributed by atoms with Gasteiger partial charge in [-0.25, -0.2) is 0 Å². The quantitative estimate of drug-likeness (QED) is 0.594. The molecule has 2 nitrogen and oxygen atoms in total. The molecule has 0 bridgehead atoms. The van der Waals surface area contributed by atoms with E-state index in [1.807, 2.05) is 13.0 Å². The van der Waals surface area contributed by atoms with Crippen LogP contribution in [0.4, 0.5) is 0 Å². The van der Waals surface area contributed by atoms with Gasteiger partial charge >= 0.3 is 0 Å². The van der Waals surface area contributed by atoms with Crippen molar-refractivity contribution < 1.29 is 8.42 Å². The third kappa shape index (κ3) is 1.55. The largest absolute Gasteiger partial charge is 0.254 e. The van der Waals surface area contributed by atoms with Crippen LogP contribution in [-0.4, -0.2) is 19.9 Å². The van der Waals surface area contributed by atoms with E-state index < -0.39 is 21.6 Å². The maximum atomic E-state index is 11.0. The van der Waals surface area contributed by atoms with Crippen LogP contribution in [-0.2, 0) is 21.6 Å². The van der Waals surface area contributed by atoms with Crippen LogP contribution in [0.1, 0.15) is 13.3 Å². The highest BCUT2D eigenvalue weighted by atomic mass is 32.2. The lowest BCUT2D eigenvalue weighted by Crippen LogP contribution is -1.89. The standard InChI is InChI=1S/C6H10O2S2/c1-2-3-6-9(7)4-5-10(6)8/h3H,2,4-5H2,1H3/t9-,10-/m0/s1. The van der Waals surface area contributed by atoms with Crippen molar-refractivity contribution in [3.63, 3.8) is 0 Å². The molecular formula is C6H10O2S2. The Kier molecular flexibility index (Phi) is 2.80. The predicted octanol–water partition coefficient (Wildman–Crippen LogP) is 0.749. The van der Waals surface area contributed by atoms with Gasteiger partial charge < -0.3 is 0 Å². The smallest absolute Gasteiger partial charge is 0.0989 e. The highest BCUT2D eigenvalue weighted by Crippen LogP contribution is 2.16. The maximum absolute atomic E-state index is 11.0. The van der Waals surface area contributed by atoms with Crippen molar-refractivity contribution in [3.8, 4) is 0 Å². The Bertz CT molecular complexity index is 190. The SMILES string of the molecule is CCC=C1[S@@](=O)CC[S@@]1=O. The molecule has 1 fully saturated rings. The average molecular weight is 178 g/mol. The molecule has 0 aromatic rings. The monoisotopic (exact) mass is 178 g/mol. The first-order valence-corrected chi connectivity index (χ1v) is 5.86. The number of allylic oxidation sites excluding steroid dienone is 1. The van der Waals surface area contributed by atoms with Crippen molar-refractivity contribution in [1.82, 2.24) is 0 Å². The second-order valence-corrected chi connectivity index (χ2v) is 5.37. The molecule has 1 aliphatic rings. The minimum absolute atomic E-state index is 0.582. The minimum Gasteiger partial charge on any atom is -0.254 e. The van der Waals surface area contributed by atoms with Crippen LogP contribution in [0.2, 0.25) is 0 Å². The highest BCUT2D eigenvalue weighted by molar-refractivity contribution is 8.11. The first-order chi connectivity index (χ1) is 4.75. The molecule has 1 heterocycles. The lowest BCUT2D eigenvalue weighted by Gasteiger charge is -1.89. The van der Waals surface area contributed by atoms with Crippen molar-refractivity contribution in [2.24, 2.45) is 0 Å². The summed E-state index contributed by atoms with van der Waals surface area (Å²) in [5, 5.41) is 0. The van der Waals surface area contributed by atoms with E-state index >= 15 is 0 Å². The molecule has 10 heavy (non-hydrogen) atoms. The van der Waals surface area contributed by atoms with E-state index in [9.17, 15) is 8.42 Å². The Morgan fingerprint density at radius 3 is 2.30 bits per heavy atom. The van der Waals surface area contributed by atoms with Gasteiger partial charge in [0, 0.05) is 11.5 Å². The summed E-state index contributed by atoms with van der Waals surface area (Å²) in [4.78, 5) is 0. The highest BCUT2D eigenvalue weighted by Gasteiger charge is 2.22. The fraction of sp³-hybridized carbons (Fsp3) is 0.667. The maximum Gasteiger partial charge on any atom is 0.0989 e. The van der Waals surface area contributed by atoms with Gasteiger partial charge in [0.2, 0.25) is 0 Å². The van der Waals surface area contributed by atoms with Crippen LogP contribution in [0, 0.1) is 0 Å². The third-order valence-electron chi connectivity index (χ3n) is 1.27. The predicted molar refractivity (Wildman–Crippen MR) is 44.4 cm³/mol. The van der Waals surface area contributed by atoms with Crippen LogP contribution in [0.15, 0.2) is 10.3 Å². The van der Waals surface area contributed by atoms with Crippen molar-refractivity contribution in [1.29, 1.82) is 0 Å². The summed E-state index contributed by atoms with van der Waals surface area (Å²) in [5.74, 6) is 1.16. The Balaban J connectivity index is 2.82. The van der Waals surface area contributed by atoms with Gasteiger partial charge in [0.15, 0.2) is 0 Å². The van der Waals surface area contributed by atoms with Gasteiger partial charge in [0.25, 0.3) is 0 Å². The van der Waals surface area contributed by atoms with Gasteiger partial charge in [0.1, 0.15) is 0 Å². The van der Waals surface area contributed by atoms with E-state index in [0.717, 1.165) is 6.42 Å². The summed E-state index contributed by atoms with van der Waals surface area (Å²) >= 11 is 0. The zero-order chi connectivity index (χ0) is 7.56. The van der Waals surface area contributed by atoms with Crippen molar-refractivity contribution in [2.45, 2.75) is 13.3 Å². The third-order valence-corrected chi connectivity index (χ3v) is 5.03. The second kappa shape index (κ2) is 3.44. The summed E-state index contributed by atoms with van der Waals surface area (Å²) in [5.41, 5.74) is 0. The number of hydrogen-bond acceptors (Lipinski definition) is 2. The lowest BCUT2D eigenvalue weighted by molar-refractivity contribution is 0.689. The van der Waals surface area contributed by atoms with Gasteiger partial charge in [0.05, 0.1) is 25.8 Å². The van der Waals surface area contributed by atoms with Crippen LogP contribution < -0.4 is 0 Å². The fourth-order valence-corrected chi connectivity index (χ4v) is 4.46. The van der Waals surface area contributed by atoms with Crippen LogP contribution >= 0.6 is 0 Å². The molecule has 0 aromatic heterocycles. The average Bonchev–Trinajstić information content (AvgIpc) is 2.20. The second-order valence-electron chi connectivity index (χ2n) is 2.03. The molecule has 2 atom stereocenters. The topological polar surface area (TPSA) is 34.1 Å². The van der Waals surface area contributed by atoms with Crippen LogP contribution in [0.5, 0.6) is 0 Å². The van der Waals surface area contributed by atoms with E-state index in [-0.39, 0.29) is 0 Å². The number of rotatable bonds is 1. The van der Waals surface area contributed by atoms with Crippen molar-refractivity contribution in [2.75, 3.05) is 11.5 Å². The summed E-state index contributed by atoms with van der Waals surface area (Å²) in [6.07, 6.45) is 2.64. The van der Waals surface area contributed by atoms with E-state index in [2.05, 4.69) is 0 Å². The summed E-state index contributed by atoms with van der Waals surface area (Å²) in [6, 6.07) is 0. The molecule has 0 radical (unpaired) electrons. The summed E-state index contributed by atoms with van der Waals surface area (Å²) in [6.45, 7) is 1.96. The molecular weight excluding hydrogens is 168 g/mol. The van der Waals surface area contributed by atoms with Crippen molar-refractivity contribution in [3.05, 3.63) is 10.3 Å². The van der Waals surface area contributed by atoms with Gasteiger partial charge in [-0.3, -0.25) is 8.42 Å². The molecule has 1 saturated heterocycles. The first-order valence-electron chi connectivity index (χ1n) is 3.22. The Hall–Kier alpha value is 0.0400. The first kappa shape index (κ1) is 8.14. The van der Waals surface area contributed by atoms with E-state index in [4.69, 9.17) is 0 Å². The van der Waals surface area contributed by atoms with Gasteiger partial charge in [-0.05, 0) is 6.42 Å². The van der Waals surface area contributed by atoms with Crippen LogP contribution in [0.25, 0.3) is 0 Å². The molecule has 0 saturated carbocycles. The lowest BCUT2D eigenvalue weighted by atomic mass is 10.5. The zero-order valence-corrected chi connectivity index (χ0v) is 7.46.